The van der Waals surface area contributed by atoms with Gasteiger partial charge in [-0.15, -0.1) is 0 Å². The molecule has 106 valence electrons. The Hall–Kier alpha value is -1.12. The number of hydrogen-bond donors (Lipinski definition) is 3. The second kappa shape index (κ2) is 5.48. The summed E-state index contributed by atoms with van der Waals surface area (Å²) in [6, 6.07) is 4.31. The van der Waals surface area contributed by atoms with Crippen LogP contribution in [0.2, 0.25) is 0 Å². The van der Waals surface area contributed by atoms with E-state index in [1.165, 1.54) is 12.1 Å². The Morgan fingerprint density at radius 1 is 1.42 bits per heavy atom. The van der Waals surface area contributed by atoms with Crippen molar-refractivity contribution in [1.82, 2.24) is 4.72 Å². The van der Waals surface area contributed by atoms with E-state index in [1.807, 2.05) is 0 Å². The quantitative estimate of drug-likeness (QED) is 0.686. The Labute approximate surface area is 120 Å². The largest absolute Gasteiger partial charge is 0.398 e. The van der Waals surface area contributed by atoms with Crippen molar-refractivity contribution < 1.29 is 13.2 Å². The molecule has 0 saturated heterocycles. The number of sulfonamides is 1. The van der Waals surface area contributed by atoms with E-state index in [2.05, 4.69) is 20.7 Å². The monoisotopic (exact) mass is 349 g/mol. The highest BCUT2D eigenvalue weighted by molar-refractivity contribution is 9.10. The molecule has 5 N–H and O–H groups in total. The molecular formula is C11H16BrN3O3S. The average Bonchev–Trinajstić information content (AvgIpc) is 2.17. The number of rotatable bonds is 5. The van der Waals surface area contributed by atoms with E-state index in [4.69, 9.17) is 11.5 Å². The fourth-order valence-corrected chi connectivity index (χ4v) is 3.28. The van der Waals surface area contributed by atoms with Gasteiger partial charge >= 0.3 is 0 Å². The molecule has 0 saturated carbocycles. The van der Waals surface area contributed by atoms with Gasteiger partial charge in [0.2, 0.25) is 15.9 Å². The van der Waals surface area contributed by atoms with Gasteiger partial charge in [-0.2, -0.15) is 0 Å². The van der Waals surface area contributed by atoms with Crippen molar-refractivity contribution in [3.8, 4) is 0 Å². The zero-order valence-electron chi connectivity index (χ0n) is 10.6. The van der Waals surface area contributed by atoms with Crippen LogP contribution in [0.3, 0.4) is 0 Å². The van der Waals surface area contributed by atoms with Crippen molar-refractivity contribution in [2.45, 2.75) is 30.7 Å². The molecule has 1 aromatic carbocycles. The predicted octanol–water partition coefficient (Wildman–Crippen LogP) is 0.964. The maximum atomic E-state index is 12.2. The predicted molar refractivity (Wildman–Crippen MR) is 76.8 cm³/mol. The Kier molecular flexibility index (Phi) is 4.59. The molecule has 1 rings (SSSR count). The molecule has 8 heteroatoms. The van der Waals surface area contributed by atoms with Crippen molar-refractivity contribution in [3.63, 3.8) is 0 Å². The third-order valence-electron chi connectivity index (χ3n) is 2.30. The molecule has 6 nitrogen and oxygen atoms in total. The van der Waals surface area contributed by atoms with Crippen LogP contribution >= 0.6 is 15.9 Å². The molecule has 0 heterocycles. The van der Waals surface area contributed by atoms with Crippen molar-refractivity contribution in [2.24, 2.45) is 5.73 Å². The molecular weight excluding hydrogens is 334 g/mol. The summed E-state index contributed by atoms with van der Waals surface area (Å²) in [5.41, 5.74) is 10.1. The van der Waals surface area contributed by atoms with Gasteiger partial charge in [-0.05, 0) is 48.0 Å². The average molecular weight is 350 g/mol. The van der Waals surface area contributed by atoms with E-state index in [0.717, 1.165) is 0 Å². The first kappa shape index (κ1) is 15.9. The number of halogens is 1. The zero-order chi connectivity index (χ0) is 14.8. The van der Waals surface area contributed by atoms with Crippen LogP contribution in [0.5, 0.6) is 0 Å². The number of carbonyl (C=O) groups is 1. The Morgan fingerprint density at radius 3 is 2.47 bits per heavy atom. The Bertz CT molecular complexity index is 599. The van der Waals surface area contributed by atoms with Crippen molar-refractivity contribution in [2.75, 3.05) is 5.73 Å². The lowest BCUT2D eigenvalue weighted by Crippen LogP contribution is -2.45. The van der Waals surface area contributed by atoms with Crippen LogP contribution in [0.25, 0.3) is 0 Å². The number of nitrogen functional groups attached to an aromatic ring is 1. The maximum Gasteiger partial charge on any atom is 0.241 e. The molecule has 0 unspecified atom stereocenters. The zero-order valence-corrected chi connectivity index (χ0v) is 13.0. The third-order valence-corrected chi connectivity index (χ3v) is 4.72. The molecule has 0 bridgehead atoms. The summed E-state index contributed by atoms with van der Waals surface area (Å²) in [4.78, 5) is 10.9. The van der Waals surface area contributed by atoms with Crippen molar-refractivity contribution in [3.05, 3.63) is 22.7 Å². The summed E-state index contributed by atoms with van der Waals surface area (Å²) in [5, 5.41) is 0. The number of primary amides is 1. The van der Waals surface area contributed by atoms with E-state index in [-0.39, 0.29) is 11.3 Å². The normalized spacial score (nSPS) is 12.4. The minimum Gasteiger partial charge on any atom is -0.398 e. The first-order valence-corrected chi connectivity index (χ1v) is 7.68. The number of carbonyl (C=O) groups excluding carboxylic acids is 1. The molecule has 0 aliphatic heterocycles. The fourth-order valence-electron chi connectivity index (χ4n) is 1.58. The summed E-state index contributed by atoms with van der Waals surface area (Å²) >= 11 is 3.19. The standard InChI is InChI=1S/C11H16BrN3O3S/c1-11(2,6-10(14)16)15-19(17,18)7-3-4-8(12)9(13)5-7/h3-5,15H,6,13H2,1-2H3,(H2,14,16). The molecule has 0 fully saturated rings. The van der Waals surface area contributed by atoms with Crippen LogP contribution in [0.4, 0.5) is 5.69 Å². The molecule has 1 amide bonds. The fraction of sp³-hybridized carbons (Fsp3) is 0.364. The van der Waals surface area contributed by atoms with Gasteiger partial charge in [0.15, 0.2) is 0 Å². The van der Waals surface area contributed by atoms with Crippen LogP contribution in [0.15, 0.2) is 27.6 Å². The van der Waals surface area contributed by atoms with Crippen LogP contribution in [0.1, 0.15) is 20.3 Å². The van der Waals surface area contributed by atoms with Crippen LogP contribution in [-0.2, 0) is 14.8 Å². The van der Waals surface area contributed by atoms with E-state index >= 15 is 0 Å². The molecule has 0 spiro atoms. The minimum atomic E-state index is -3.76. The number of nitrogens with two attached hydrogens (primary N) is 2. The highest BCUT2D eigenvalue weighted by Gasteiger charge is 2.28. The number of anilines is 1. The number of nitrogens with one attached hydrogen (secondary N) is 1. The first-order valence-electron chi connectivity index (χ1n) is 5.41. The van der Waals surface area contributed by atoms with Crippen molar-refractivity contribution >= 4 is 37.5 Å². The van der Waals surface area contributed by atoms with E-state index < -0.39 is 21.5 Å². The first-order chi connectivity index (χ1) is 8.53. The summed E-state index contributed by atoms with van der Waals surface area (Å²) in [6.07, 6.45) is -0.0990. The van der Waals surface area contributed by atoms with Gasteiger partial charge in [-0.3, -0.25) is 4.79 Å². The van der Waals surface area contributed by atoms with Gasteiger partial charge in [0, 0.05) is 22.1 Å². The lowest BCUT2D eigenvalue weighted by atomic mass is 10.0. The lowest BCUT2D eigenvalue weighted by molar-refractivity contribution is -0.119. The highest BCUT2D eigenvalue weighted by Crippen LogP contribution is 2.23. The molecule has 0 aliphatic rings. The summed E-state index contributed by atoms with van der Waals surface area (Å²) < 4.78 is 27.4. The van der Waals surface area contributed by atoms with Gasteiger partial charge in [0.25, 0.3) is 0 Å². The Morgan fingerprint density at radius 2 is 2.00 bits per heavy atom. The topological polar surface area (TPSA) is 115 Å². The van der Waals surface area contributed by atoms with Gasteiger partial charge in [-0.1, -0.05) is 0 Å². The van der Waals surface area contributed by atoms with Gasteiger partial charge in [0.05, 0.1) is 4.90 Å². The second-order valence-corrected chi connectivity index (χ2v) is 7.35. The van der Waals surface area contributed by atoms with Crippen LogP contribution in [-0.4, -0.2) is 19.9 Å². The molecule has 0 atom stereocenters. The molecule has 19 heavy (non-hydrogen) atoms. The SMILES string of the molecule is CC(C)(CC(N)=O)NS(=O)(=O)c1ccc(Br)c(N)c1. The van der Waals surface area contributed by atoms with E-state index in [9.17, 15) is 13.2 Å². The summed E-state index contributed by atoms with van der Waals surface area (Å²) in [7, 11) is -3.76. The van der Waals surface area contributed by atoms with Gasteiger partial charge in [0.1, 0.15) is 0 Å². The molecule has 0 aromatic heterocycles. The van der Waals surface area contributed by atoms with Crippen molar-refractivity contribution in [1.29, 1.82) is 0 Å². The van der Waals surface area contributed by atoms with E-state index in [1.54, 1.807) is 19.9 Å². The minimum absolute atomic E-state index is 0.0331. The van der Waals surface area contributed by atoms with Gasteiger partial charge in [-0.25, -0.2) is 13.1 Å². The van der Waals surface area contributed by atoms with E-state index in [0.29, 0.717) is 10.2 Å². The highest BCUT2D eigenvalue weighted by atomic mass is 79.9. The smallest absolute Gasteiger partial charge is 0.241 e. The Balaban J connectivity index is 3.04. The molecule has 0 aliphatic carbocycles. The summed E-state index contributed by atoms with van der Waals surface area (Å²) in [6.45, 7) is 3.16. The van der Waals surface area contributed by atoms with Crippen LogP contribution in [0, 0.1) is 0 Å². The third kappa shape index (κ3) is 4.48. The number of hydrogen-bond acceptors (Lipinski definition) is 4. The number of amides is 1. The molecule has 0 radical (unpaired) electrons. The summed E-state index contributed by atoms with van der Waals surface area (Å²) in [5.74, 6) is -0.581. The van der Waals surface area contributed by atoms with Crippen LogP contribution < -0.4 is 16.2 Å². The lowest BCUT2D eigenvalue weighted by Gasteiger charge is -2.24. The second-order valence-electron chi connectivity index (χ2n) is 4.82. The number of benzene rings is 1. The molecule has 1 aromatic rings. The maximum absolute atomic E-state index is 12.2. The van der Waals surface area contributed by atoms with Gasteiger partial charge < -0.3 is 11.5 Å².